The molecule has 4 heteroatoms. The van der Waals surface area contributed by atoms with Gasteiger partial charge in [0.1, 0.15) is 5.69 Å². The molecule has 0 aliphatic heterocycles. The molecule has 116 valence electrons. The summed E-state index contributed by atoms with van der Waals surface area (Å²) < 4.78 is 0. The SMILES string of the molecule is CC[C@@](C)(O)CN(Cc1ccccc1)C(=O)c1ccccn1. The largest absolute Gasteiger partial charge is 0.388 e. The second kappa shape index (κ2) is 7.18. The lowest BCUT2D eigenvalue weighted by Gasteiger charge is -2.31. The number of amides is 1. The average molecular weight is 298 g/mol. The zero-order valence-electron chi connectivity index (χ0n) is 13.1. The fourth-order valence-corrected chi connectivity index (χ4v) is 2.18. The number of pyridine rings is 1. The maximum absolute atomic E-state index is 12.7. The summed E-state index contributed by atoms with van der Waals surface area (Å²) in [5, 5.41) is 10.4. The molecule has 0 saturated heterocycles. The van der Waals surface area contributed by atoms with E-state index >= 15 is 0 Å². The fraction of sp³-hybridized carbons (Fsp3) is 0.333. The molecule has 22 heavy (non-hydrogen) atoms. The molecule has 0 fully saturated rings. The van der Waals surface area contributed by atoms with E-state index in [4.69, 9.17) is 0 Å². The second-order valence-corrected chi connectivity index (χ2v) is 5.71. The van der Waals surface area contributed by atoms with E-state index in [2.05, 4.69) is 4.98 Å². The maximum Gasteiger partial charge on any atom is 0.272 e. The Hall–Kier alpha value is -2.20. The third-order valence-electron chi connectivity index (χ3n) is 3.68. The molecule has 0 radical (unpaired) electrons. The molecule has 1 N–H and O–H groups in total. The number of benzene rings is 1. The molecule has 4 nitrogen and oxygen atoms in total. The van der Waals surface area contributed by atoms with Crippen LogP contribution in [0.3, 0.4) is 0 Å². The third kappa shape index (κ3) is 4.40. The Kier molecular flexibility index (Phi) is 5.28. The Balaban J connectivity index is 2.23. The van der Waals surface area contributed by atoms with E-state index in [0.717, 1.165) is 5.56 Å². The Morgan fingerprint density at radius 2 is 1.86 bits per heavy atom. The van der Waals surface area contributed by atoms with Crippen molar-refractivity contribution >= 4 is 5.91 Å². The Labute approximate surface area is 131 Å². The molecule has 1 aromatic carbocycles. The first-order chi connectivity index (χ1) is 10.5. The minimum Gasteiger partial charge on any atom is -0.388 e. The highest BCUT2D eigenvalue weighted by atomic mass is 16.3. The highest BCUT2D eigenvalue weighted by Crippen LogP contribution is 2.16. The molecule has 0 spiro atoms. The van der Waals surface area contributed by atoms with Crippen molar-refractivity contribution in [3.8, 4) is 0 Å². The molecule has 0 bridgehead atoms. The molecule has 0 unspecified atom stereocenters. The van der Waals surface area contributed by atoms with E-state index < -0.39 is 5.60 Å². The van der Waals surface area contributed by atoms with Crippen molar-refractivity contribution in [2.75, 3.05) is 6.54 Å². The van der Waals surface area contributed by atoms with Crippen LogP contribution in [0.1, 0.15) is 36.3 Å². The zero-order valence-corrected chi connectivity index (χ0v) is 13.1. The van der Waals surface area contributed by atoms with Crippen molar-refractivity contribution in [1.29, 1.82) is 0 Å². The van der Waals surface area contributed by atoms with E-state index in [0.29, 0.717) is 18.7 Å². The van der Waals surface area contributed by atoms with Crippen molar-refractivity contribution in [2.45, 2.75) is 32.4 Å². The van der Waals surface area contributed by atoms with Crippen LogP contribution in [0.2, 0.25) is 0 Å². The molecule has 2 rings (SSSR count). The molecule has 1 atom stereocenters. The number of carbonyl (C=O) groups excluding carboxylic acids is 1. The molecule has 1 aromatic heterocycles. The molecule has 1 amide bonds. The summed E-state index contributed by atoms with van der Waals surface area (Å²) in [5.41, 5.74) is 0.503. The number of nitrogens with zero attached hydrogens (tertiary/aromatic N) is 2. The zero-order chi connectivity index (χ0) is 16.0. The van der Waals surface area contributed by atoms with E-state index in [1.54, 1.807) is 36.2 Å². The molecule has 0 aliphatic carbocycles. The van der Waals surface area contributed by atoms with Gasteiger partial charge in [-0.05, 0) is 31.0 Å². The molecular formula is C18H22N2O2. The summed E-state index contributed by atoms with van der Waals surface area (Å²) in [6.07, 6.45) is 2.18. The van der Waals surface area contributed by atoms with E-state index in [-0.39, 0.29) is 12.5 Å². The predicted molar refractivity (Wildman–Crippen MR) is 86.3 cm³/mol. The lowest BCUT2D eigenvalue weighted by Crippen LogP contribution is -2.43. The van der Waals surface area contributed by atoms with Crippen LogP contribution in [0.25, 0.3) is 0 Å². The van der Waals surface area contributed by atoms with Gasteiger partial charge in [0, 0.05) is 19.3 Å². The van der Waals surface area contributed by atoms with Crippen LogP contribution in [0.15, 0.2) is 54.7 Å². The fourth-order valence-electron chi connectivity index (χ4n) is 2.18. The standard InChI is InChI=1S/C18H22N2O2/c1-3-18(2,22)14-20(13-15-9-5-4-6-10-15)17(21)16-11-7-8-12-19-16/h4-12,22H,3,13-14H2,1-2H3/t18-/m1/s1. The topological polar surface area (TPSA) is 53.4 Å². The van der Waals surface area contributed by atoms with Gasteiger partial charge in [-0.2, -0.15) is 0 Å². The van der Waals surface area contributed by atoms with Gasteiger partial charge in [0.15, 0.2) is 0 Å². The monoisotopic (exact) mass is 298 g/mol. The molecule has 2 aromatic rings. The Bertz CT molecular complexity index is 597. The van der Waals surface area contributed by atoms with Gasteiger partial charge in [-0.3, -0.25) is 9.78 Å². The van der Waals surface area contributed by atoms with Crippen molar-refractivity contribution in [1.82, 2.24) is 9.88 Å². The number of rotatable bonds is 6. The van der Waals surface area contributed by atoms with Crippen molar-refractivity contribution in [3.05, 3.63) is 66.0 Å². The van der Waals surface area contributed by atoms with Gasteiger partial charge >= 0.3 is 0 Å². The predicted octanol–water partition coefficient (Wildman–Crippen LogP) is 2.89. The highest BCUT2D eigenvalue weighted by molar-refractivity contribution is 5.92. The van der Waals surface area contributed by atoms with Crippen LogP contribution in [0.5, 0.6) is 0 Å². The van der Waals surface area contributed by atoms with Gasteiger partial charge in [0.05, 0.1) is 5.60 Å². The van der Waals surface area contributed by atoms with Crippen LogP contribution in [0, 0.1) is 0 Å². The summed E-state index contributed by atoms with van der Waals surface area (Å²) in [4.78, 5) is 18.5. The van der Waals surface area contributed by atoms with Gasteiger partial charge in [-0.1, -0.05) is 43.3 Å². The first-order valence-corrected chi connectivity index (χ1v) is 7.48. The van der Waals surface area contributed by atoms with Gasteiger partial charge in [-0.25, -0.2) is 0 Å². The number of hydrogen-bond acceptors (Lipinski definition) is 3. The summed E-state index contributed by atoms with van der Waals surface area (Å²) in [7, 11) is 0. The molecule has 0 saturated carbocycles. The highest BCUT2D eigenvalue weighted by Gasteiger charge is 2.26. The van der Waals surface area contributed by atoms with Crippen molar-refractivity contribution < 1.29 is 9.90 Å². The van der Waals surface area contributed by atoms with Crippen LogP contribution in [0.4, 0.5) is 0 Å². The van der Waals surface area contributed by atoms with Gasteiger partial charge in [0.2, 0.25) is 0 Å². The average Bonchev–Trinajstić information content (AvgIpc) is 2.55. The van der Waals surface area contributed by atoms with E-state index in [1.165, 1.54) is 0 Å². The second-order valence-electron chi connectivity index (χ2n) is 5.71. The summed E-state index contributed by atoms with van der Waals surface area (Å²) in [6.45, 7) is 4.38. The number of aromatic nitrogens is 1. The van der Waals surface area contributed by atoms with Crippen LogP contribution in [-0.2, 0) is 6.54 Å². The Morgan fingerprint density at radius 3 is 2.45 bits per heavy atom. The minimum absolute atomic E-state index is 0.168. The van der Waals surface area contributed by atoms with Crippen LogP contribution in [-0.4, -0.2) is 33.0 Å². The number of hydrogen-bond donors (Lipinski definition) is 1. The van der Waals surface area contributed by atoms with E-state index in [9.17, 15) is 9.90 Å². The van der Waals surface area contributed by atoms with E-state index in [1.807, 2.05) is 37.3 Å². The van der Waals surface area contributed by atoms with Crippen LogP contribution < -0.4 is 0 Å². The van der Waals surface area contributed by atoms with Crippen molar-refractivity contribution in [3.63, 3.8) is 0 Å². The smallest absolute Gasteiger partial charge is 0.272 e. The van der Waals surface area contributed by atoms with Gasteiger partial charge in [-0.15, -0.1) is 0 Å². The summed E-state index contributed by atoms with van der Waals surface area (Å²) >= 11 is 0. The number of carbonyl (C=O) groups is 1. The number of aliphatic hydroxyl groups is 1. The van der Waals surface area contributed by atoms with Gasteiger partial charge in [0.25, 0.3) is 5.91 Å². The van der Waals surface area contributed by atoms with Crippen LogP contribution >= 0.6 is 0 Å². The summed E-state index contributed by atoms with van der Waals surface area (Å²) in [6, 6.07) is 15.0. The normalized spacial score (nSPS) is 13.4. The maximum atomic E-state index is 12.7. The molecule has 0 aliphatic rings. The minimum atomic E-state index is -0.917. The third-order valence-corrected chi connectivity index (χ3v) is 3.68. The lowest BCUT2D eigenvalue weighted by atomic mass is 10.0. The van der Waals surface area contributed by atoms with Gasteiger partial charge < -0.3 is 10.0 Å². The first kappa shape index (κ1) is 16.2. The lowest BCUT2D eigenvalue weighted by molar-refractivity contribution is 0.0133. The summed E-state index contributed by atoms with van der Waals surface area (Å²) in [5.74, 6) is -0.168. The molecule has 1 heterocycles. The van der Waals surface area contributed by atoms with Crippen molar-refractivity contribution in [2.24, 2.45) is 0 Å². The Morgan fingerprint density at radius 1 is 1.18 bits per heavy atom. The molecular weight excluding hydrogens is 276 g/mol. The first-order valence-electron chi connectivity index (χ1n) is 7.48. The quantitative estimate of drug-likeness (QED) is 0.892.